The molecule has 1 heterocycles. The molecule has 4 rings (SSSR count). The molecule has 5 nitrogen and oxygen atoms in total. The molecule has 2 aliphatic carbocycles. The first kappa shape index (κ1) is 16.3. The minimum atomic E-state index is -0.336. The zero-order valence-electron chi connectivity index (χ0n) is 14.3. The zero-order chi connectivity index (χ0) is 17.4. The van der Waals surface area contributed by atoms with Gasteiger partial charge in [-0.25, -0.2) is 0 Å². The van der Waals surface area contributed by atoms with Gasteiger partial charge in [-0.05, 0) is 36.8 Å². The van der Waals surface area contributed by atoms with Crippen molar-refractivity contribution in [2.24, 2.45) is 11.8 Å². The monoisotopic (exact) mass is 341 g/mol. The molecule has 0 N–H and O–H groups in total. The molecule has 1 aliphatic heterocycles. The van der Waals surface area contributed by atoms with Gasteiger partial charge in [0.25, 0.3) is 0 Å². The van der Waals surface area contributed by atoms with Crippen molar-refractivity contribution in [3.05, 3.63) is 35.4 Å². The van der Waals surface area contributed by atoms with Crippen LogP contribution < -0.4 is 0 Å². The van der Waals surface area contributed by atoms with Crippen molar-refractivity contribution < 1.29 is 19.1 Å². The van der Waals surface area contributed by atoms with Crippen LogP contribution in [0.15, 0.2) is 24.3 Å². The molecule has 1 saturated carbocycles. The van der Waals surface area contributed by atoms with Crippen LogP contribution in [0.2, 0.25) is 0 Å². The highest BCUT2D eigenvalue weighted by Crippen LogP contribution is 2.38. The molecule has 2 amide bonds. The van der Waals surface area contributed by atoms with Crippen LogP contribution >= 0.6 is 0 Å². The summed E-state index contributed by atoms with van der Waals surface area (Å²) in [5, 5.41) is 0. The second-order valence-corrected chi connectivity index (χ2v) is 7.29. The Labute approximate surface area is 147 Å². The maximum atomic E-state index is 12.4. The Hall–Kier alpha value is -2.17. The molecule has 132 valence electrons. The molecule has 5 heteroatoms. The normalized spacial score (nSPS) is 28.0. The molecule has 0 unspecified atom stereocenters. The minimum Gasteiger partial charge on any atom is -0.457 e. The number of benzene rings is 1. The minimum absolute atomic E-state index is 0.0790. The van der Waals surface area contributed by atoms with Gasteiger partial charge in [0.05, 0.1) is 18.3 Å². The lowest BCUT2D eigenvalue weighted by molar-refractivity contribution is -0.150. The first-order valence-corrected chi connectivity index (χ1v) is 9.27. The van der Waals surface area contributed by atoms with Crippen molar-refractivity contribution in [3.8, 4) is 0 Å². The van der Waals surface area contributed by atoms with Gasteiger partial charge in [-0.3, -0.25) is 19.3 Å². The van der Waals surface area contributed by atoms with E-state index in [-0.39, 0.29) is 48.7 Å². The van der Waals surface area contributed by atoms with Gasteiger partial charge < -0.3 is 4.74 Å². The number of fused-ring (bicyclic) bond motifs is 2. The highest BCUT2D eigenvalue weighted by atomic mass is 16.5. The van der Waals surface area contributed by atoms with Crippen LogP contribution in [0.4, 0.5) is 0 Å². The molecule has 2 fully saturated rings. The molecular formula is C20H23NO4. The summed E-state index contributed by atoms with van der Waals surface area (Å²) in [5.41, 5.74) is 2.31. The summed E-state index contributed by atoms with van der Waals surface area (Å²) >= 11 is 0. The number of imide groups is 1. The van der Waals surface area contributed by atoms with Crippen LogP contribution in [0, 0.1) is 11.8 Å². The highest BCUT2D eigenvalue weighted by Gasteiger charge is 2.47. The lowest BCUT2D eigenvalue weighted by Crippen LogP contribution is -2.33. The fourth-order valence-electron chi connectivity index (χ4n) is 4.51. The number of nitrogens with zero attached hydrogens (tertiary/aromatic N) is 1. The SMILES string of the molecule is O=C(CCN1C(=O)[C@H]2CCCC[C@H]2C1=O)O[C@@H]1CCc2ccccc21. The Morgan fingerprint density at radius 1 is 1.04 bits per heavy atom. The van der Waals surface area contributed by atoms with Crippen LogP contribution in [0.1, 0.15) is 55.8 Å². The number of hydrogen-bond donors (Lipinski definition) is 0. The van der Waals surface area contributed by atoms with Crippen molar-refractivity contribution in [2.75, 3.05) is 6.54 Å². The molecule has 3 aliphatic rings. The lowest BCUT2D eigenvalue weighted by Gasteiger charge is -2.19. The third-order valence-corrected chi connectivity index (χ3v) is 5.82. The Bertz CT molecular complexity index is 689. The topological polar surface area (TPSA) is 63.7 Å². The molecule has 0 aromatic heterocycles. The molecule has 0 bridgehead atoms. The number of rotatable bonds is 4. The van der Waals surface area contributed by atoms with Gasteiger partial charge in [-0.1, -0.05) is 37.1 Å². The molecule has 1 saturated heterocycles. The van der Waals surface area contributed by atoms with E-state index in [9.17, 15) is 14.4 Å². The van der Waals surface area contributed by atoms with Crippen molar-refractivity contribution in [1.82, 2.24) is 4.90 Å². The number of likely N-dealkylation sites (tertiary alicyclic amines) is 1. The lowest BCUT2D eigenvalue weighted by atomic mass is 9.81. The van der Waals surface area contributed by atoms with E-state index < -0.39 is 0 Å². The molecule has 3 atom stereocenters. The number of aryl methyl sites for hydroxylation is 1. The molecule has 1 aromatic rings. The van der Waals surface area contributed by atoms with Gasteiger partial charge >= 0.3 is 5.97 Å². The first-order valence-electron chi connectivity index (χ1n) is 9.27. The van der Waals surface area contributed by atoms with Gasteiger partial charge in [0.1, 0.15) is 6.10 Å². The van der Waals surface area contributed by atoms with E-state index in [1.807, 2.05) is 18.2 Å². The summed E-state index contributed by atoms with van der Waals surface area (Å²) in [5.74, 6) is -0.822. The Balaban J connectivity index is 1.33. The van der Waals surface area contributed by atoms with Crippen molar-refractivity contribution >= 4 is 17.8 Å². The standard InChI is InChI=1S/C20H23NO4/c22-18(25-17-10-9-13-5-1-2-6-14(13)17)11-12-21-19(23)15-7-3-4-8-16(15)20(21)24/h1-2,5-6,15-17H,3-4,7-12H2/t15-,16+,17-/m1/s1. The van der Waals surface area contributed by atoms with E-state index in [0.29, 0.717) is 0 Å². The fourth-order valence-corrected chi connectivity index (χ4v) is 4.51. The van der Waals surface area contributed by atoms with E-state index >= 15 is 0 Å². The quantitative estimate of drug-likeness (QED) is 0.624. The molecule has 0 spiro atoms. The van der Waals surface area contributed by atoms with Gasteiger partial charge in [-0.2, -0.15) is 0 Å². The predicted molar refractivity (Wildman–Crippen MR) is 90.4 cm³/mol. The van der Waals surface area contributed by atoms with Crippen LogP contribution in [-0.2, 0) is 25.5 Å². The van der Waals surface area contributed by atoms with Gasteiger partial charge in [0.2, 0.25) is 11.8 Å². The summed E-state index contributed by atoms with van der Waals surface area (Å²) in [6.07, 6.45) is 5.22. The van der Waals surface area contributed by atoms with Gasteiger partial charge in [0.15, 0.2) is 0 Å². The summed E-state index contributed by atoms with van der Waals surface area (Å²) in [4.78, 5) is 38.4. The summed E-state index contributed by atoms with van der Waals surface area (Å²) in [7, 11) is 0. The molecule has 1 aromatic carbocycles. The number of hydrogen-bond acceptors (Lipinski definition) is 4. The summed E-state index contributed by atoms with van der Waals surface area (Å²) in [6.45, 7) is 0.151. The Morgan fingerprint density at radius 2 is 1.72 bits per heavy atom. The third kappa shape index (κ3) is 2.96. The Kier molecular flexibility index (Phi) is 4.32. The summed E-state index contributed by atoms with van der Waals surface area (Å²) in [6, 6.07) is 8.01. The predicted octanol–water partition coefficient (Wildman–Crippen LogP) is 2.78. The molecular weight excluding hydrogens is 318 g/mol. The molecule has 25 heavy (non-hydrogen) atoms. The second-order valence-electron chi connectivity index (χ2n) is 7.29. The number of ether oxygens (including phenoxy) is 1. The third-order valence-electron chi connectivity index (χ3n) is 5.82. The van der Waals surface area contributed by atoms with Gasteiger partial charge in [-0.15, -0.1) is 0 Å². The van der Waals surface area contributed by atoms with Gasteiger partial charge in [0, 0.05) is 6.54 Å². The average molecular weight is 341 g/mol. The average Bonchev–Trinajstić information content (AvgIpc) is 3.14. The smallest absolute Gasteiger partial charge is 0.308 e. The Morgan fingerprint density at radius 3 is 2.44 bits per heavy atom. The first-order chi connectivity index (χ1) is 12.1. The fraction of sp³-hybridized carbons (Fsp3) is 0.550. The van der Waals surface area contributed by atoms with Crippen LogP contribution in [0.3, 0.4) is 0 Å². The second kappa shape index (κ2) is 6.62. The van der Waals surface area contributed by atoms with Crippen molar-refractivity contribution in [2.45, 2.75) is 51.0 Å². The van der Waals surface area contributed by atoms with Crippen LogP contribution in [-0.4, -0.2) is 29.2 Å². The molecule has 0 radical (unpaired) electrons. The van der Waals surface area contributed by atoms with E-state index in [1.54, 1.807) is 0 Å². The van der Waals surface area contributed by atoms with Crippen molar-refractivity contribution in [3.63, 3.8) is 0 Å². The number of amides is 2. The number of carbonyl (C=O) groups is 3. The maximum absolute atomic E-state index is 12.4. The zero-order valence-corrected chi connectivity index (χ0v) is 14.3. The van der Waals surface area contributed by atoms with Crippen molar-refractivity contribution in [1.29, 1.82) is 0 Å². The number of carbonyl (C=O) groups excluding carboxylic acids is 3. The van der Waals surface area contributed by atoms with Crippen LogP contribution in [0.25, 0.3) is 0 Å². The van der Waals surface area contributed by atoms with Crippen LogP contribution in [0.5, 0.6) is 0 Å². The summed E-state index contributed by atoms with van der Waals surface area (Å²) < 4.78 is 5.60. The van der Waals surface area contributed by atoms with E-state index in [2.05, 4.69) is 6.07 Å². The van der Waals surface area contributed by atoms with E-state index in [4.69, 9.17) is 4.74 Å². The number of esters is 1. The highest BCUT2D eigenvalue weighted by molar-refractivity contribution is 6.05. The van der Waals surface area contributed by atoms with E-state index in [0.717, 1.165) is 44.1 Å². The largest absolute Gasteiger partial charge is 0.457 e. The van der Waals surface area contributed by atoms with E-state index in [1.165, 1.54) is 10.5 Å². The maximum Gasteiger partial charge on any atom is 0.308 e.